The number of rotatable bonds is 25. The molecule has 0 saturated carbocycles. The largest absolute Gasteiger partial charge is 0.490 e. The Morgan fingerprint density at radius 1 is 0.659 bits per heavy atom. The summed E-state index contributed by atoms with van der Waals surface area (Å²) in [4.78, 5) is 133. The Balaban J connectivity index is 0.00000165. The number of fused-ring (bicyclic) bond motifs is 2. The topological polar surface area (TPSA) is 304 Å². The number of amides is 7. The van der Waals surface area contributed by atoms with E-state index in [1.165, 1.54) is 11.8 Å². The van der Waals surface area contributed by atoms with E-state index >= 15 is 0 Å². The van der Waals surface area contributed by atoms with E-state index in [4.69, 9.17) is 15.6 Å². The zero-order valence-electron chi connectivity index (χ0n) is 46.4. The van der Waals surface area contributed by atoms with Gasteiger partial charge in [-0.25, -0.2) is 4.79 Å². The van der Waals surface area contributed by atoms with Gasteiger partial charge in [0.2, 0.25) is 41.4 Å². The van der Waals surface area contributed by atoms with Crippen LogP contribution in [0.5, 0.6) is 0 Å². The fourth-order valence-corrected chi connectivity index (χ4v) is 9.30. The van der Waals surface area contributed by atoms with E-state index < -0.39 is 96.3 Å². The molecule has 4 aromatic carbocycles. The summed E-state index contributed by atoms with van der Waals surface area (Å²) in [7, 11) is 0. The number of carboxylic acid groups (broad SMARTS) is 1. The SMILES string of the molecule is CCC(C)[C@H](NC(=O)[C@H](Cc1ccccc1)NC(=O)[C@H](CC(C)C)NC(=O)[C@@H](C)N)C(=O)NCC(=O)N[C@@H](Cc1ccccc1)C(=O)N1CCC[C@H]1C(=O)NCCCNc1cccc2c1C(=O)c1ccccc1C2=O.O=C(O)C(F)(F)F. The Hall–Kier alpha value is -8.47. The normalized spacial score (nSPS) is 15.8. The first-order valence-corrected chi connectivity index (χ1v) is 27.2. The second-order valence-corrected chi connectivity index (χ2v) is 20.6. The van der Waals surface area contributed by atoms with Gasteiger partial charge in [0.15, 0.2) is 11.6 Å². The zero-order valence-corrected chi connectivity index (χ0v) is 46.4. The Labute approximate surface area is 473 Å². The molecule has 7 amide bonds. The van der Waals surface area contributed by atoms with Crippen molar-refractivity contribution in [3.63, 3.8) is 0 Å². The number of carbonyl (C=O) groups excluding carboxylic acids is 9. The number of anilines is 1. The van der Waals surface area contributed by atoms with Gasteiger partial charge in [0, 0.05) is 54.9 Å². The number of halogens is 3. The molecule has 4 aromatic rings. The van der Waals surface area contributed by atoms with Crippen LogP contribution in [0.25, 0.3) is 0 Å². The number of hydrogen-bond acceptors (Lipinski definition) is 12. The number of benzene rings is 4. The molecule has 6 rings (SSSR count). The maximum absolute atomic E-state index is 14.4. The highest BCUT2D eigenvalue weighted by Crippen LogP contribution is 2.32. The van der Waals surface area contributed by atoms with Crippen LogP contribution in [-0.4, -0.2) is 137 Å². The maximum Gasteiger partial charge on any atom is 0.490 e. The second-order valence-electron chi connectivity index (χ2n) is 20.6. The average Bonchev–Trinajstić information content (AvgIpc) is 4.06. The number of nitrogens with two attached hydrogens (primary N) is 1. The van der Waals surface area contributed by atoms with Gasteiger partial charge in [-0.1, -0.05) is 131 Å². The van der Waals surface area contributed by atoms with Crippen LogP contribution in [0.2, 0.25) is 0 Å². The van der Waals surface area contributed by atoms with E-state index in [1.807, 2.05) is 57.2 Å². The first-order valence-electron chi connectivity index (χ1n) is 27.2. The number of nitrogens with zero attached hydrogens (tertiary/aromatic N) is 1. The molecule has 440 valence electrons. The molecular weight excluding hydrogens is 1070 g/mol. The zero-order chi connectivity index (χ0) is 60.3. The number of hydrogen-bond donors (Lipinski definition) is 9. The number of carboxylic acids is 1. The lowest BCUT2D eigenvalue weighted by atomic mass is 9.83. The molecule has 1 unspecified atom stereocenters. The van der Waals surface area contributed by atoms with E-state index in [1.54, 1.807) is 73.7 Å². The fourth-order valence-electron chi connectivity index (χ4n) is 9.30. The van der Waals surface area contributed by atoms with Crippen LogP contribution in [0.15, 0.2) is 103 Å². The molecular formula is C59H72F3N9O11. The van der Waals surface area contributed by atoms with Gasteiger partial charge in [-0.15, -0.1) is 0 Å². The summed E-state index contributed by atoms with van der Waals surface area (Å²) < 4.78 is 31.7. The van der Waals surface area contributed by atoms with Gasteiger partial charge in [0.25, 0.3) is 0 Å². The van der Waals surface area contributed by atoms with Crippen molar-refractivity contribution < 1.29 is 66.2 Å². The molecule has 0 aromatic heterocycles. The highest BCUT2D eigenvalue weighted by Gasteiger charge is 2.40. The third kappa shape index (κ3) is 18.3. The van der Waals surface area contributed by atoms with E-state index in [2.05, 4.69) is 37.2 Å². The summed E-state index contributed by atoms with van der Waals surface area (Å²) >= 11 is 0. The van der Waals surface area contributed by atoms with Crippen LogP contribution in [0, 0.1) is 11.8 Å². The van der Waals surface area contributed by atoms with Crippen molar-refractivity contribution in [2.75, 3.05) is 31.5 Å². The van der Waals surface area contributed by atoms with Gasteiger partial charge >= 0.3 is 12.1 Å². The molecule has 0 bridgehead atoms. The molecule has 1 aliphatic carbocycles. The summed E-state index contributed by atoms with van der Waals surface area (Å²) in [6, 6.07) is 23.9. The first-order chi connectivity index (χ1) is 38.9. The molecule has 0 radical (unpaired) electrons. The summed E-state index contributed by atoms with van der Waals surface area (Å²) in [5.74, 6) is -7.53. The van der Waals surface area contributed by atoms with Crippen molar-refractivity contribution in [3.05, 3.63) is 137 Å². The molecule has 1 aliphatic heterocycles. The highest BCUT2D eigenvalue weighted by atomic mass is 19.4. The number of aliphatic carboxylic acids is 1. The van der Waals surface area contributed by atoms with Crippen LogP contribution in [0.1, 0.15) is 110 Å². The molecule has 1 saturated heterocycles. The minimum Gasteiger partial charge on any atom is -0.475 e. The van der Waals surface area contributed by atoms with Crippen LogP contribution < -0.4 is 43.0 Å². The number of carbonyl (C=O) groups is 10. The van der Waals surface area contributed by atoms with Crippen LogP contribution in [0.3, 0.4) is 0 Å². The predicted molar refractivity (Wildman–Crippen MR) is 298 cm³/mol. The van der Waals surface area contributed by atoms with Crippen molar-refractivity contribution in [1.29, 1.82) is 0 Å². The van der Waals surface area contributed by atoms with Gasteiger partial charge in [-0.3, -0.25) is 43.2 Å². The summed E-state index contributed by atoms with van der Waals surface area (Å²) in [6.07, 6.45) is -2.73. The summed E-state index contributed by atoms with van der Waals surface area (Å²) in [5.41, 5.74) is 9.17. The summed E-state index contributed by atoms with van der Waals surface area (Å²) in [6.45, 7) is 9.29. The molecule has 82 heavy (non-hydrogen) atoms. The lowest BCUT2D eigenvalue weighted by Crippen LogP contribution is -2.59. The molecule has 1 heterocycles. The van der Waals surface area contributed by atoms with Crippen molar-refractivity contribution >= 4 is 64.6 Å². The van der Waals surface area contributed by atoms with Crippen molar-refractivity contribution in [3.8, 4) is 0 Å². The molecule has 0 spiro atoms. The fraction of sp³-hybridized carbons (Fsp3) is 0.424. The minimum atomic E-state index is -5.08. The summed E-state index contributed by atoms with van der Waals surface area (Å²) in [5, 5.41) is 27.1. The van der Waals surface area contributed by atoms with Crippen molar-refractivity contribution in [2.45, 2.75) is 122 Å². The van der Waals surface area contributed by atoms with Crippen LogP contribution >= 0.6 is 0 Å². The van der Waals surface area contributed by atoms with E-state index in [-0.39, 0.29) is 55.7 Å². The lowest BCUT2D eigenvalue weighted by Gasteiger charge is -2.29. The van der Waals surface area contributed by atoms with Crippen LogP contribution in [0.4, 0.5) is 18.9 Å². The number of ketones is 2. The third-order valence-electron chi connectivity index (χ3n) is 13.8. The van der Waals surface area contributed by atoms with Gasteiger partial charge in [0.05, 0.1) is 18.2 Å². The number of alkyl halides is 3. The smallest absolute Gasteiger partial charge is 0.475 e. The Kier molecular flexibility index (Phi) is 23.8. The van der Waals surface area contributed by atoms with E-state index in [0.29, 0.717) is 60.2 Å². The molecule has 23 heteroatoms. The Bertz CT molecular complexity index is 2930. The monoisotopic (exact) mass is 1140 g/mol. The lowest BCUT2D eigenvalue weighted by molar-refractivity contribution is -0.192. The quantitative estimate of drug-likeness (QED) is 0.0374. The van der Waals surface area contributed by atoms with E-state index in [9.17, 15) is 56.3 Å². The number of likely N-dealkylation sites (tertiary alicyclic amines) is 1. The second kappa shape index (κ2) is 30.4. The molecule has 1 fully saturated rings. The Morgan fingerprint density at radius 2 is 1.21 bits per heavy atom. The van der Waals surface area contributed by atoms with Gasteiger partial charge in [-0.05, 0) is 61.6 Å². The van der Waals surface area contributed by atoms with Crippen molar-refractivity contribution in [2.24, 2.45) is 17.6 Å². The van der Waals surface area contributed by atoms with Gasteiger partial charge < -0.3 is 53.0 Å². The van der Waals surface area contributed by atoms with Gasteiger partial charge in [-0.2, -0.15) is 13.2 Å². The molecule has 7 atom stereocenters. The predicted octanol–water partition coefficient (Wildman–Crippen LogP) is 3.98. The van der Waals surface area contributed by atoms with Gasteiger partial charge in [0.1, 0.15) is 30.2 Å². The minimum absolute atomic E-state index is 0.00580. The number of nitrogens with one attached hydrogen (secondary N) is 7. The average molecular weight is 1140 g/mol. The first kappa shape index (κ1) is 64.4. The maximum atomic E-state index is 14.4. The Morgan fingerprint density at radius 3 is 1.78 bits per heavy atom. The van der Waals surface area contributed by atoms with Crippen LogP contribution in [-0.2, 0) is 51.2 Å². The van der Waals surface area contributed by atoms with E-state index in [0.717, 1.165) is 11.1 Å². The standard InChI is InChI=1S/C57H71N9O9.C2HF3O2/c1-6-35(4)49(65-54(72)44(31-37-18-9-7-10-19-37)64-53(71)43(30-34(2)3)63-52(70)36(5)58)56(74)61-33-47(67)62-45(32-38-20-11-8-12-21-38)57(75)66-29-16-26-46(66)55(73)60-28-17-27-59-42-25-15-24-41-48(42)51(69)40-23-14-13-22-39(40)50(41)68;3-2(4,5)1(6)7/h7-15,18-25,34-36,43-46,49,59H,6,16-17,26-33,58H2,1-5H3,(H,60,73)(H,61,74)(H,62,67)(H,63,70)(H,64,71)(H,65,72);(H,6,7)/t35?,36-,43+,44+,45+,46+,49+;/m1./s1. The molecule has 20 nitrogen and oxygen atoms in total. The third-order valence-corrected chi connectivity index (χ3v) is 13.8. The molecule has 10 N–H and O–H groups in total. The molecule has 2 aliphatic rings. The van der Waals surface area contributed by atoms with Crippen molar-refractivity contribution in [1.82, 2.24) is 36.8 Å². The highest BCUT2D eigenvalue weighted by molar-refractivity contribution is 6.30.